The Bertz CT molecular complexity index is 422. The summed E-state index contributed by atoms with van der Waals surface area (Å²) in [5.74, 6) is 0.634. The van der Waals surface area contributed by atoms with Crippen molar-refractivity contribution >= 4 is 6.09 Å². The van der Waals surface area contributed by atoms with Gasteiger partial charge in [0.2, 0.25) is 0 Å². The summed E-state index contributed by atoms with van der Waals surface area (Å²) < 4.78 is 4.71. The maximum Gasteiger partial charge on any atom is 0.407 e. The normalized spacial score (nSPS) is 23.3. The Labute approximate surface area is 121 Å². The van der Waals surface area contributed by atoms with Gasteiger partial charge in [-0.3, -0.25) is 4.90 Å². The van der Waals surface area contributed by atoms with Gasteiger partial charge in [-0.05, 0) is 17.9 Å². The van der Waals surface area contributed by atoms with E-state index in [1.807, 2.05) is 6.07 Å². The van der Waals surface area contributed by atoms with Crippen LogP contribution in [0.1, 0.15) is 25.3 Å². The van der Waals surface area contributed by atoms with E-state index < -0.39 is 0 Å². The largest absolute Gasteiger partial charge is 0.453 e. The van der Waals surface area contributed by atoms with Crippen LogP contribution in [0.4, 0.5) is 4.79 Å². The first-order valence-corrected chi connectivity index (χ1v) is 7.32. The highest BCUT2D eigenvalue weighted by Crippen LogP contribution is 2.21. The molecular formula is C16H24N2O2. The third-order valence-electron chi connectivity index (χ3n) is 3.95. The molecule has 1 N–H and O–H groups in total. The van der Waals surface area contributed by atoms with E-state index in [1.54, 1.807) is 0 Å². The monoisotopic (exact) mass is 276 g/mol. The topological polar surface area (TPSA) is 41.6 Å². The SMILES string of the molecule is CCC1CC(NC(=O)OC)CN(Cc2ccccc2)C1. The Kier molecular flexibility index (Phi) is 5.41. The maximum absolute atomic E-state index is 11.4. The molecule has 0 aromatic heterocycles. The first-order valence-electron chi connectivity index (χ1n) is 7.32. The van der Waals surface area contributed by atoms with Crippen molar-refractivity contribution in [2.75, 3.05) is 20.2 Å². The van der Waals surface area contributed by atoms with Gasteiger partial charge in [0.05, 0.1) is 7.11 Å². The summed E-state index contributed by atoms with van der Waals surface area (Å²) in [4.78, 5) is 13.8. The lowest BCUT2D eigenvalue weighted by molar-refractivity contribution is 0.119. The van der Waals surface area contributed by atoms with Crippen LogP contribution in [0.5, 0.6) is 0 Å². The van der Waals surface area contributed by atoms with Gasteiger partial charge < -0.3 is 10.1 Å². The molecule has 1 aromatic carbocycles. The standard InChI is InChI=1S/C16H24N2O2/c1-3-13-9-15(17-16(19)20-2)12-18(10-13)11-14-7-5-4-6-8-14/h4-8,13,15H,3,9-12H2,1-2H3,(H,17,19). The van der Waals surface area contributed by atoms with Gasteiger partial charge in [0.25, 0.3) is 0 Å². The van der Waals surface area contributed by atoms with Gasteiger partial charge in [-0.25, -0.2) is 4.79 Å². The molecule has 1 aromatic rings. The maximum atomic E-state index is 11.4. The number of amides is 1. The van der Waals surface area contributed by atoms with Gasteiger partial charge in [-0.2, -0.15) is 0 Å². The van der Waals surface area contributed by atoms with Crippen molar-refractivity contribution in [3.8, 4) is 0 Å². The third kappa shape index (κ3) is 4.23. The molecule has 0 saturated carbocycles. The molecule has 0 spiro atoms. The number of nitrogens with zero attached hydrogens (tertiary/aromatic N) is 1. The molecule has 110 valence electrons. The quantitative estimate of drug-likeness (QED) is 0.919. The minimum Gasteiger partial charge on any atom is -0.453 e. The molecule has 1 saturated heterocycles. The number of nitrogens with one attached hydrogen (secondary N) is 1. The summed E-state index contributed by atoms with van der Waals surface area (Å²) in [5, 5.41) is 2.95. The first-order chi connectivity index (χ1) is 9.71. The predicted octanol–water partition coefficient (Wildman–Crippen LogP) is 2.64. The number of hydrogen-bond acceptors (Lipinski definition) is 3. The van der Waals surface area contributed by atoms with Crippen LogP contribution in [-0.2, 0) is 11.3 Å². The number of methoxy groups -OCH3 is 1. The van der Waals surface area contributed by atoms with E-state index in [4.69, 9.17) is 4.74 Å². The lowest BCUT2D eigenvalue weighted by Crippen LogP contribution is -2.50. The molecule has 0 aliphatic carbocycles. The van der Waals surface area contributed by atoms with Crippen molar-refractivity contribution in [3.63, 3.8) is 0 Å². The molecule has 2 atom stereocenters. The highest BCUT2D eigenvalue weighted by Gasteiger charge is 2.27. The molecule has 1 heterocycles. The number of likely N-dealkylation sites (tertiary alicyclic amines) is 1. The van der Waals surface area contributed by atoms with Crippen LogP contribution >= 0.6 is 0 Å². The fourth-order valence-electron chi connectivity index (χ4n) is 2.90. The van der Waals surface area contributed by atoms with Crippen LogP contribution < -0.4 is 5.32 Å². The summed E-state index contributed by atoms with van der Waals surface area (Å²) >= 11 is 0. The Morgan fingerprint density at radius 1 is 1.35 bits per heavy atom. The van der Waals surface area contributed by atoms with E-state index >= 15 is 0 Å². The molecule has 1 aliphatic heterocycles. The molecule has 4 heteroatoms. The summed E-state index contributed by atoms with van der Waals surface area (Å²) in [5.41, 5.74) is 1.32. The number of rotatable bonds is 4. The molecular weight excluding hydrogens is 252 g/mol. The summed E-state index contributed by atoms with van der Waals surface area (Å²) in [6.45, 7) is 5.15. The minimum absolute atomic E-state index is 0.185. The Morgan fingerprint density at radius 2 is 2.10 bits per heavy atom. The van der Waals surface area contributed by atoms with E-state index in [-0.39, 0.29) is 12.1 Å². The van der Waals surface area contributed by atoms with E-state index in [2.05, 4.69) is 41.4 Å². The first kappa shape index (κ1) is 14.9. The number of alkyl carbamates (subject to hydrolysis) is 1. The molecule has 20 heavy (non-hydrogen) atoms. The average molecular weight is 276 g/mol. The lowest BCUT2D eigenvalue weighted by Gasteiger charge is -2.37. The van der Waals surface area contributed by atoms with Gasteiger partial charge in [0.1, 0.15) is 0 Å². The second kappa shape index (κ2) is 7.29. The highest BCUT2D eigenvalue weighted by molar-refractivity contribution is 5.67. The molecule has 1 amide bonds. The Balaban J connectivity index is 1.96. The van der Waals surface area contributed by atoms with Gasteiger partial charge in [-0.1, -0.05) is 43.7 Å². The van der Waals surface area contributed by atoms with Crippen LogP contribution in [0.25, 0.3) is 0 Å². The van der Waals surface area contributed by atoms with Gasteiger partial charge in [-0.15, -0.1) is 0 Å². The summed E-state index contributed by atoms with van der Waals surface area (Å²) in [7, 11) is 1.41. The molecule has 4 nitrogen and oxygen atoms in total. The van der Waals surface area contributed by atoms with Crippen molar-refractivity contribution in [2.45, 2.75) is 32.4 Å². The smallest absolute Gasteiger partial charge is 0.407 e. The minimum atomic E-state index is -0.327. The van der Waals surface area contributed by atoms with Gasteiger partial charge >= 0.3 is 6.09 Å². The fourth-order valence-corrected chi connectivity index (χ4v) is 2.90. The molecule has 2 rings (SSSR count). The van der Waals surface area contributed by atoms with Crippen LogP contribution in [0.3, 0.4) is 0 Å². The second-order valence-electron chi connectivity index (χ2n) is 5.52. The van der Waals surface area contributed by atoms with E-state index in [1.165, 1.54) is 12.7 Å². The third-order valence-corrected chi connectivity index (χ3v) is 3.95. The van der Waals surface area contributed by atoms with Crippen molar-refractivity contribution in [3.05, 3.63) is 35.9 Å². The second-order valence-corrected chi connectivity index (χ2v) is 5.52. The number of piperidine rings is 1. The number of carbonyl (C=O) groups excluding carboxylic acids is 1. The van der Waals surface area contributed by atoms with E-state index in [0.717, 1.165) is 32.5 Å². The molecule has 1 aliphatic rings. The molecule has 2 unspecified atom stereocenters. The van der Waals surface area contributed by atoms with Crippen LogP contribution in [0, 0.1) is 5.92 Å². The number of carbonyl (C=O) groups is 1. The summed E-state index contributed by atoms with van der Waals surface area (Å²) in [6, 6.07) is 10.7. The van der Waals surface area contributed by atoms with Crippen LogP contribution in [-0.4, -0.2) is 37.2 Å². The zero-order chi connectivity index (χ0) is 14.4. The van der Waals surface area contributed by atoms with Crippen LogP contribution in [0.2, 0.25) is 0 Å². The van der Waals surface area contributed by atoms with Crippen molar-refractivity contribution in [1.29, 1.82) is 0 Å². The van der Waals surface area contributed by atoms with Crippen molar-refractivity contribution in [2.24, 2.45) is 5.92 Å². The number of benzene rings is 1. The zero-order valence-electron chi connectivity index (χ0n) is 12.3. The summed E-state index contributed by atoms with van der Waals surface area (Å²) in [6.07, 6.45) is 1.85. The van der Waals surface area contributed by atoms with E-state index in [9.17, 15) is 4.79 Å². The molecule has 0 bridgehead atoms. The highest BCUT2D eigenvalue weighted by atomic mass is 16.5. The van der Waals surface area contributed by atoms with Crippen molar-refractivity contribution in [1.82, 2.24) is 10.2 Å². The lowest BCUT2D eigenvalue weighted by atomic mass is 9.92. The molecule has 1 fully saturated rings. The van der Waals surface area contributed by atoms with E-state index in [0.29, 0.717) is 5.92 Å². The van der Waals surface area contributed by atoms with Crippen molar-refractivity contribution < 1.29 is 9.53 Å². The predicted molar refractivity (Wildman–Crippen MR) is 79.4 cm³/mol. The Hall–Kier alpha value is -1.55. The van der Waals surface area contributed by atoms with Gasteiger partial charge in [0.15, 0.2) is 0 Å². The zero-order valence-corrected chi connectivity index (χ0v) is 12.3. The fraction of sp³-hybridized carbons (Fsp3) is 0.562. The average Bonchev–Trinajstić information content (AvgIpc) is 2.47. The number of hydrogen-bond donors (Lipinski definition) is 1. The Morgan fingerprint density at radius 3 is 2.75 bits per heavy atom. The molecule has 0 radical (unpaired) electrons. The number of ether oxygens (including phenoxy) is 1. The van der Waals surface area contributed by atoms with Crippen LogP contribution in [0.15, 0.2) is 30.3 Å². The van der Waals surface area contributed by atoms with Gasteiger partial charge in [0, 0.05) is 25.7 Å².